The number of nitrogens with zero attached hydrogens (tertiary/aromatic N) is 1. The Balaban J connectivity index is 2.01. The van der Waals surface area contributed by atoms with E-state index in [4.69, 9.17) is 0 Å². The molecule has 0 saturated carbocycles. The Labute approximate surface area is 126 Å². The second-order valence-corrected chi connectivity index (χ2v) is 7.38. The third-order valence-corrected chi connectivity index (χ3v) is 5.41. The zero-order valence-corrected chi connectivity index (χ0v) is 13.3. The lowest BCUT2D eigenvalue weighted by Gasteiger charge is -2.32. The standard InChI is InChI=1S/C15H22N2O3S/c1-12-8-10-17(11-9-12)15(18)13(2)16-21(19,20)14-6-4-3-5-7-14/h3-7,12-13,16H,8-11H2,1-2H3/t13-/m1/s1. The molecule has 1 N–H and O–H groups in total. The van der Waals surface area contributed by atoms with Crippen molar-refractivity contribution in [2.75, 3.05) is 13.1 Å². The number of amides is 1. The van der Waals surface area contributed by atoms with Crippen LogP contribution in [0, 0.1) is 5.92 Å². The van der Waals surface area contributed by atoms with Gasteiger partial charge in [0, 0.05) is 13.1 Å². The molecule has 1 aromatic carbocycles. The zero-order valence-electron chi connectivity index (χ0n) is 12.5. The number of carbonyl (C=O) groups excluding carboxylic acids is 1. The third-order valence-electron chi connectivity index (χ3n) is 3.85. The first-order valence-electron chi connectivity index (χ1n) is 7.26. The molecular formula is C15H22N2O3S. The number of rotatable bonds is 4. The van der Waals surface area contributed by atoms with Crippen LogP contribution < -0.4 is 4.72 Å². The van der Waals surface area contributed by atoms with Crippen LogP contribution in [0.15, 0.2) is 35.2 Å². The first kappa shape index (κ1) is 16.0. The molecule has 1 heterocycles. The number of likely N-dealkylation sites (tertiary alicyclic amines) is 1. The van der Waals surface area contributed by atoms with E-state index >= 15 is 0 Å². The molecule has 116 valence electrons. The van der Waals surface area contributed by atoms with Gasteiger partial charge in [-0.2, -0.15) is 4.72 Å². The Morgan fingerprint density at radius 3 is 2.38 bits per heavy atom. The summed E-state index contributed by atoms with van der Waals surface area (Å²) in [6, 6.07) is 7.36. The van der Waals surface area contributed by atoms with Crippen molar-refractivity contribution in [2.45, 2.75) is 37.6 Å². The molecule has 1 amide bonds. The lowest BCUT2D eigenvalue weighted by Crippen LogP contribution is -2.49. The van der Waals surface area contributed by atoms with Gasteiger partial charge in [-0.05, 0) is 37.8 Å². The molecule has 0 radical (unpaired) electrons. The van der Waals surface area contributed by atoms with E-state index in [-0.39, 0.29) is 10.8 Å². The maximum absolute atomic E-state index is 12.3. The number of sulfonamides is 1. The highest BCUT2D eigenvalue weighted by Gasteiger charge is 2.27. The van der Waals surface area contributed by atoms with Crippen molar-refractivity contribution in [3.63, 3.8) is 0 Å². The van der Waals surface area contributed by atoms with E-state index in [1.807, 2.05) is 0 Å². The molecule has 6 heteroatoms. The molecule has 2 rings (SSSR count). The van der Waals surface area contributed by atoms with Crippen LogP contribution in [0.4, 0.5) is 0 Å². The predicted molar refractivity (Wildman–Crippen MR) is 81.2 cm³/mol. The van der Waals surface area contributed by atoms with E-state index in [0.717, 1.165) is 12.8 Å². The van der Waals surface area contributed by atoms with Crippen LogP contribution in [0.3, 0.4) is 0 Å². The van der Waals surface area contributed by atoms with Crippen LogP contribution in [-0.2, 0) is 14.8 Å². The average molecular weight is 310 g/mol. The van der Waals surface area contributed by atoms with Crippen molar-refractivity contribution >= 4 is 15.9 Å². The fourth-order valence-electron chi connectivity index (χ4n) is 2.45. The molecule has 1 aliphatic heterocycles. The predicted octanol–water partition coefficient (Wildman–Crippen LogP) is 1.61. The Morgan fingerprint density at radius 1 is 1.24 bits per heavy atom. The minimum atomic E-state index is -3.65. The Morgan fingerprint density at radius 2 is 1.81 bits per heavy atom. The van der Waals surface area contributed by atoms with E-state index in [9.17, 15) is 13.2 Å². The summed E-state index contributed by atoms with van der Waals surface area (Å²) in [4.78, 5) is 14.2. The van der Waals surface area contributed by atoms with E-state index < -0.39 is 16.1 Å². The van der Waals surface area contributed by atoms with E-state index in [2.05, 4.69) is 11.6 Å². The molecule has 1 aliphatic rings. The Bertz CT molecular complexity index is 578. The van der Waals surface area contributed by atoms with Gasteiger partial charge in [0.05, 0.1) is 10.9 Å². The lowest BCUT2D eigenvalue weighted by atomic mass is 9.99. The molecule has 1 fully saturated rings. The monoisotopic (exact) mass is 310 g/mol. The summed E-state index contributed by atoms with van der Waals surface area (Å²) < 4.78 is 26.9. The number of benzene rings is 1. The van der Waals surface area contributed by atoms with E-state index in [1.165, 1.54) is 12.1 Å². The van der Waals surface area contributed by atoms with Gasteiger partial charge < -0.3 is 4.90 Å². The lowest BCUT2D eigenvalue weighted by molar-refractivity contribution is -0.133. The Kier molecular flexibility index (Phi) is 5.00. The molecule has 1 saturated heterocycles. The fourth-order valence-corrected chi connectivity index (χ4v) is 3.67. The molecule has 0 aromatic heterocycles. The van der Waals surface area contributed by atoms with Crippen molar-refractivity contribution in [3.05, 3.63) is 30.3 Å². The number of hydrogen-bond acceptors (Lipinski definition) is 3. The van der Waals surface area contributed by atoms with Gasteiger partial charge in [0.15, 0.2) is 0 Å². The molecule has 1 aromatic rings. The molecule has 5 nitrogen and oxygen atoms in total. The van der Waals surface area contributed by atoms with Crippen molar-refractivity contribution in [1.82, 2.24) is 9.62 Å². The van der Waals surface area contributed by atoms with Gasteiger partial charge in [0.1, 0.15) is 0 Å². The third kappa shape index (κ3) is 4.04. The van der Waals surface area contributed by atoms with Gasteiger partial charge in [-0.3, -0.25) is 4.79 Å². The van der Waals surface area contributed by atoms with Crippen LogP contribution in [-0.4, -0.2) is 38.4 Å². The van der Waals surface area contributed by atoms with Crippen LogP contribution in [0.25, 0.3) is 0 Å². The molecule has 1 atom stereocenters. The van der Waals surface area contributed by atoms with Crippen molar-refractivity contribution in [2.24, 2.45) is 5.92 Å². The molecule has 21 heavy (non-hydrogen) atoms. The normalized spacial score (nSPS) is 18.5. The number of carbonyl (C=O) groups is 1. The second kappa shape index (κ2) is 6.58. The minimum Gasteiger partial charge on any atom is -0.341 e. The van der Waals surface area contributed by atoms with Gasteiger partial charge in [-0.1, -0.05) is 25.1 Å². The molecule has 0 aliphatic carbocycles. The minimum absolute atomic E-state index is 0.151. The number of hydrogen-bond donors (Lipinski definition) is 1. The van der Waals surface area contributed by atoms with E-state index in [1.54, 1.807) is 30.0 Å². The SMILES string of the molecule is CC1CCN(C(=O)[C@@H](C)NS(=O)(=O)c2ccccc2)CC1. The number of nitrogens with one attached hydrogen (secondary N) is 1. The highest BCUT2D eigenvalue weighted by Crippen LogP contribution is 2.17. The molecular weight excluding hydrogens is 288 g/mol. The smallest absolute Gasteiger partial charge is 0.241 e. The average Bonchev–Trinajstić information content (AvgIpc) is 2.48. The Hall–Kier alpha value is -1.40. The van der Waals surface area contributed by atoms with Crippen molar-refractivity contribution in [1.29, 1.82) is 0 Å². The summed E-state index contributed by atoms with van der Waals surface area (Å²) in [6.45, 7) is 5.18. The zero-order chi connectivity index (χ0) is 15.5. The molecule has 0 spiro atoms. The summed E-state index contributed by atoms with van der Waals surface area (Å²) in [7, 11) is -3.65. The summed E-state index contributed by atoms with van der Waals surface area (Å²) in [5, 5.41) is 0. The van der Waals surface area contributed by atoms with Crippen molar-refractivity contribution in [3.8, 4) is 0 Å². The first-order chi connectivity index (χ1) is 9.90. The van der Waals surface area contributed by atoms with Gasteiger partial charge in [0.2, 0.25) is 15.9 Å². The maximum atomic E-state index is 12.3. The van der Waals surface area contributed by atoms with Gasteiger partial charge in [-0.15, -0.1) is 0 Å². The number of piperidine rings is 1. The van der Waals surface area contributed by atoms with Crippen LogP contribution in [0.2, 0.25) is 0 Å². The quantitative estimate of drug-likeness (QED) is 0.919. The molecule has 0 bridgehead atoms. The molecule has 0 unspecified atom stereocenters. The van der Waals surface area contributed by atoms with Gasteiger partial charge >= 0.3 is 0 Å². The topological polar surface area (TPSA) is 66.5 Å². The largest absolute Gasteiger partial charge is 0.341 e. The van der Waals surface area contributed by atoms with Gasteiger partial charge in [0.25, 0.3) is 0 Å². The van der Waals surface area contributed by atoms with Crippen molar-refractivity contribution < 1.29 is 13.2 Å². The second-order valence-electron chi connectivity index (χ2n) is 5.66. The summed E-state index contributed by atoms with van der Waals surface area (Å²) in [5.41, 5.74) is 0. The van der Waals surface area contributed by atoms with E-state index in [0.29, 0.717) is 19.0 Å². The highest BCUT2D eigenvalue weighted by molar-refractivity contribution is 7.89. The summed E-state index contributed by atoms with van der Waals surface area (Å²) in [5.74, 6) is 0.478. The first-order valence-corrected chi connectivity index (χ1v) is 8.74. The van der Waals surface area contributed by atoms with Gasteiger partial charge in [-0.25, -0.2) is 8.42 Å². The maximum Gasteiger partial charge on any atom is 0.241 e. The van der Waals surface area contributed by atoms with Crippen LogP contribution in [0.5, 0.6) is 0 Å². The van der Waals surface area contributed by atoms with Crippen LogP contribution in [0.1, 0.15) is 26.7 Å². The fraction of sp³-hybridized carbons (Fsp3) is 0.533. The van der Waals surface area contributed by atoms with Crippen LogP contribution >= 0.6 is 0 Å². The summed E-state index contributed by atoms with van der Waals surface area (Å²) >= 11 is 0. The highest BCUT2D eigenvalue weighted by atomic mass is 32.2. The summed E-state index contributed by atoms with van der Waals surface area (Å²) in [6.07, 6.45) is 1.95.